The van der Waals surface area contributed by atoms with Gasteiger partial charge >= 0.3 is 6.18 Å². The molecule has 126 valence electrons. The summed E-state index contributed by atoms with van der Waals surface area (Å²) >= 11 is 0. The number of nitrogens with zero attached hydrogens (tertiary/aromatic N) is 6. The quantitative estimate of drug-likeness (QED) is 0.745. The van der Waals surface area contributed by atoms with Gasteiger partial charge in [-0.25, -0.2) is 9.67 Å². The Balaban J connectivity index is 1.76. The summed E-state index contributed by atoms with van der Waals surface area (Å²) in [6, 6.07) is 0.900. The van der Waals surface area contributed by atoms with Crippen LogP contribution in [0.4, 0.5) is 30.5 Å². The summed E-state index contributed by atoms with van der Waals surface area (Å²) in [6.45, 7) is 3.60. The lowest BCUT2D eigenvalue weighted by molar-refractivity contribution is -0.141. The number of anilines is 3. The maximum absolute atomic E-state index is 13.0. The third kappa shape index (κ3) is 2.41. The van der Waals surface area contributed by atoms with Gasteiger partial charge in [-0.1, -0.05) is 6.92 Å². The van der Waals surface area contributed by atoms with Crippen molar-refractivity contribution >= 4 is 23.1 Å². The number of fused-ring (bicyclic) bond motifs is 2. The van der Waals surface area contributed by atoms with E-state index in [0.29, 0.717) is 11.6 Å². The number of hydrogen-bond donors (Lipinski definition) is 2. The van der Waals surface area contributed by atoms with Crippen LogP contribution >= 0.6 is 0 Å². The molecule has 11 heteroatoms. The van der Waals surface area contributed by atoms with Gasteiger partial charge in [0.1, 0.15) is 23.7 Å². The predicted octanol–water partition coefficient (Wildman–Crippen LogP) is 2.14. The first kappa shape index (κ1) is 14.7. The SMILES string of the molecule is C[C@@H]1CNc2c(Nc3cc(C(F)(F)F)nc4ncnn34)cnn2C1. The first-order valence-electron chi connectivity index (χ1n) is 7.26. The number of rotatable bonds is 2. The van der Waals surface area contributed by atoms with Crippen molar-refractivity contribution in [1.29, 1.82) is 0 Å². The van der Waals surface area contributed by atoms with E-state index < -0.39 is 11.9 Å². The van der Waals surface area contributed by atoms with Crippen LogP contribution in [-0.2, 0) is 12.7 Å². The van der Waals surface area contributed by atoms with Gasteiger partial charge in [-0.3, -0.25) is 0 Å². The van der Waals surface area contributed by atoms with E-state index in [9.17, 15) is 13.2 Å². The second kappa shape index (κ2) is 5.08. The highest BCUT2D eigenvalue weighted by Crippen LogP contribution is 2.32. The minimum atomic E-state index is -4.57. The van der Waals surface area contributed by atoms with Gasteiger partial charge in [0.15, 0.2) is 5.69 Å². The standard InChI is InChI=1S/C13H13F3N8/c1-7-3-17-11-8(4-19-23(11)5-7)21-10-2-9(13(14,15)16)22-12-18-6-20-24(10)12/h2,4,6-7,17,21H,3,5H2,1H3/t7-/m1/s1. The third-order valence-corrected chi connectivity index (χ3v) is 3.75. The normalized spacial score (nSPS) is 17.6. The zero-order chi connectivity index (χ0) is 16.9. The van der Waals surface area contributed by atoms with Crippen LogP contribution in [0.15, 0.2) is 18.6 Å². The summed E-state index contributed by atoms with van der Waals surface area (Å²) < 4.78 is 42.1. The summed E-state index contributed by atoms with van der Waals surface area (Å²) in [5.74, 6) is 1.13. The topological polar surface area (TPSA) is 85.0 Å². The van der Waals surface area contributed by atoms with E-state index in [4.69, 9.17) is 0 Å². The molecule has 0 spiro atoms. The van der Waals surface area contributed by atoms with Gasteiger partial charge < -0.3 is 10.6 Å². The van der Waals surface area contributed by atoms with Gasteiger partial charge in [0.2, 0.25) is 0 Å². The lowest BCUT2D eigenvalue weighted by Crippen LogP contribution is -2.26. The highest BCUT2D eigenvalue weighted by atomic mass is 19.4. The molecule has 4 rings (SSSR count). The molecule has 1 aliphatic rings. The fourth-order valence-corrected chi connectivity index (χ4v) is 2.62. The van der Waals surface area contributed by atoms with E-state index in [1.54, 1.807) is 10.9 Å². The fourth-order valence-electron chi connectivity index (χ4n) is 2.62. The molecule has 0 amide bonds. The van der Waals surface area contributed by atoms with Crippen molar-refractivity contribution in [2.24, 2.45) is 5.92 Å². The molecular formula is C13H13F3N8. The molecule has 0 radical (unpaired) electrons. The van der Waals surface area contributed by atoms with E-state index in [-0.39, 0.29) is 11.6 Å². The number of nitrogens with one attached hydrogen (secondary N) is 2. The molecule has 0 fully saturated rings. The van der Waals surface area contributed by atoms with Crippen molar-refractivity contribution in [1.82, 2.24) is 29.4 Å². The summed E-state index contributed by atoms with van der Waals surface area (Å²) in [7, 11) is 0. The Labute approximate surface area is 133 Å². The Kier molecular flexibility index (Phi) is 3.11. The Bertz CT molecular complexity index is 896. The average Bonchev–Trinajstić information content (AvgIpc) is 3.13. The zero-order valence-electron chi connectivity index (χ0n) is 12.5. The molecule has 0 aromatic carbocycles. The Morgan fingerprint density at radius 2 is 2.17 bits per heavy atom. The van der Waals surface area contributed by atoms with Crippen LogP contribution in [-0.4, -0.2) is 35.9 Å². The predicted molar refractivity (Wildman–Crippen MR) is 78.9 cm³/mol. The highest BCUT2D eigenvalue weighted by molar-refractivity contribution is 5.71. The van der Waals surface area contributed by atoms with Gasteiger partial charge in [0.25, 0.3) is 5.78 Å². The van der Waals surface area contributed by atoms with Crippen molar-refractivity contribution in [3.05, 3.63) is 24.3 Å². The average molecular weight is 338 g/mol. The molecule has 0 bridgehead atoms. The van der Waals surface area contributed by atoms with E-state index in [1.807, 2.05) is 0 Å². The van der Waals surface area contributed by atoms with E-state index in [2.05, 4.69) is 37.7 Å². The maximum atomic E-state index is 13.0. The van der Waals surface area contributed by atoms with Gasteiger partial charge in [0.05, 0.1) is 6.20 Å². The Morgan fingerprint density at radius 3 is 2.96 bits per heavy atom. The molecule has 0 aliphatic carbocycles. The minimum absolute atomic E-state index is 0.112. The van der Waals surface area contributed by atoms with Crippen LogP contribution in [0.3, 0.4) is 0 Å². The van der Waals surface area contributed by atoms with Gasteiger partial charge in [-0.2, -0.15) is 32.9 Å². The van der Waals surface area contributed by atoms with Crippen molar-refractivity contribution in [2.45, 2.75) is 19.6 Å². The number of aromatic nitrogens is 6. The smallest absolute Gasteiger partial charge is 0.368 e. The second-order valence-corrected chi connectivity index (χ2v) is 5.70. The lowest BCUT2D eigenvalue weighted by Gasteiger charge is -2.22. The second-order valence-electron chi connectivity index (χ2n) is 5.70. The van der Waals surface area contributed by atoms with E-state index in [0.717, 1.165) is 31.3 Å². The van der Waals surface area contributed by atoms with Crippen LogP contribution in [0.1, 0.15) is 12.6 Å². The molecule has 3 aromatic rings. The molecule has 1 aliphatic heterocycles. The van der Waals surface area contributed by atoms with Crippen molar-refractivity contribution in [3.63, 3.8) is 0 Å². The van der Waals surface area contributed by atoms with Crippen LogP contribution in [0.5, 0.6) is 0 Å². The third-order valence-electron chi connectivity index (χ3n) is 3.75. The van der Waals surface area contributed by atoms with E-state index in [1.165, 1.54) is 4.52 Å². The fraction of sp³-hybridized carbons (Fsp3) is 0.385. The monoisotopic (exact) mass is 338 g/mol. The lowest BCUT2D eigenvalue weighted by atomic mass is 10.1. The summed E-state index contributed by atoms with van der Waals surface area (Å²) in [5.41, 5.74) is -0.467. The summed E-state index contributed by atoms with van der Waals surface area (Å²) in [4.78, 5) is 7.23. The summed E-state index contributed by atoms with van der Waals surface area (Å²) in [6.07, 6.45) is -1.85. The number of halogens is 3. The molecule has 24 heavy (non-hydrogen) atoms. The van der Waals surface area contributed by atoms with Gasteiger partial charge in [-0.15, -0.1) is 0 Å². The largest absolute Gasteiger partial charge is 0.433 e. The van der Waals surface area contributed by atoms with Gasteiger partial charge in [0, 0.05) is 19.2 Å². The van der Waals surface area contributed by atoms with Crippen LogP contribution in [0.2, 0.25) is 0 Å². The molecule has 4 heterocycles. The maximum Gasteiger partial charge on any atom is 0.433 e. The van der Waals surface area contributed by atoms with E-state index >= 15 is 0 Å². The molecule has 0 saturated carbocycles. The van der Waals surface area contributed by atoms with Crippen molar-refractivity contribution in [3.8, 4) is 0 Å². The first-order chi connectivity index (χ1) is 11.4. The number of hydrogen-bond acceptors (Lipinski definition) is 6. The molecular weight excluding hydrogens is 325 g/mol. The Morgan fingerprint density at radius 1 is 1.33 bits per heavy atom. The molecule has 3 aromatic heterocycles. The Hall–Kier alpha value is -2.85. The molecule has 1 atom stereocenters. The molecule has 0 unspecified atom stereocenters. The molecule has 0 saturated heterocycles. The van der Waals surface area contributed by atoms with Crippen LogP contribution in [0, 0.1) is 5.92 Å². The van der Waals surface area contributed by atoms with Crippen molar-refractivity contribution in [2.75, 3.05) is 17.2 Å². The zero-order valence-corrected chi connectivity index (χ0v) is 12.5. The molecule has 8 nitrogen and oxygen atoms in total. The van der Waals surface area contributed by atoms with Gasteiger partial charge in [-0.05, 0) is 5.92 Å². The van der Waals surface area contributed by atoms with Crippen LogP contribution < -0.4 is 10.6 Å². The minimum Gasteiger partial charge on any atom is -0.368 e. The highest BCUT2D eigenvalue weighted by Gasteiger charge is 2.34. The van der Waals surface area contributed by atoms with Crippen molar-refractivity contribution < 1.29 is 13.2 Å². The van der Waals surface area contributed by atoms with Crippen LogP contribution in [0.25, 0.3) is 5.78 Å². The first-order valence-corrected chi connectivity index (χ1v) is 7.26. The number of alkyl halides is 3. The molecule has 2 N–H and O–H groups in total. The summed E-state index contributed by atoms with van der Waals surface area (Å²) in [5, 5.41) is 14.3.